The molecule has 3 rings (SSSR count). The van der Waals surface area contributed by atoms with Gasteiger partial charge < -0.3 is 15.8 Å². The SMILES string of the molecule is NC(=NO)c1ccc(N(Cc2ccsc2)C2CC2)c(F)c1. The van der Waals surface area contributed by atoms with Gasteiger partial charge >= 0.3 is 0 Å². The fourth-order valence-electron chi connectivity index (χ4n) is 2.33. The van der Waals surface area contributed by atoms with Crippen molar-refractivity contribution in [3.8, 4) is 0 Å². The Bertz CT molecular complexity index is 653. The normalized spacial score (nSPS) is 15.2. The number of hydrogen-bond donors (Lipinski definition) is 2. The minimum absolute atomic E-state index is 0.0868. The lowest BCUT2D eigenvalue weighted by Gasteiger charge is -2.25. The first-order valence-electron chi connectivity index (χ1n) is 6.74. The van der Waals surface area contributed by atoms with Gasteiger partial charge in [-0.1, -0.05) is 5.16 Å². The standard InChI is InChI=1S/C15H16FN3OS/c16-13-7-11(15(17)18-20)1-4-14(13)19(12-2-3-12)8-10-5-6-21-9-10/h1,4-7,9,12,20H,2-3,8H2,(H2,17,18). The predicted octanol–water partition coefficient (Wildman–Crippen LogP) is 3.15. The highest BCUT2D eigenvalue weighted by atomic mass is 32.1. The number of nitrogens with two attached hydrogens (primary N) is 1. The van der Waals surface area contributed by atoms with Crippen molar-refractivity contribution in [3.05, 3.63) is 52.0 Å². The number of oxime groups is 1. The van der Waals surface area contributed by atoms with Crippen molar-refractivity contribution >= 4 is 22.9 Å². The zero-order valence-corrected chi connectivity index (χ0v) is 12.2. The lowest BCUT2D eigenvalue weighted by Crippen LogP contribution is -2.26. The lowest BCUT2D eigenvalue weighted by atomic mass is 10.1. The van der Waals surface area contributed by atoms with E-state index in [0.717, 1.165) is 12.8 Å². The van der Waals surface area contributed by atoms with Gasteiger partial charge in [0.2, 0.25) is 0 Å². The zero-order valence-electron chi connectivity index (χ0n) is 11.4. The van der Waals surface area contributed by atoms with Gasteiger partial charge in [-0.2, -0.15) is 11.3 Å². The minimum Gasteiger partial charge on any atom is -0.409 e. The molecule has 0 saturated heterocycles. The van der Waals surface area contributed by atoms with Crippen LogP contribution in [-0.2, 0) is 6.54 Å². The lowest BCUT2D eigenvalue weighted by molar-refractivity contribution is 0.318. The summed E-state index contributed by atoms with van der Waals surface area (Å²) >= 11 is 1.64. The van der Waals surface area contributed by atoms with E-state index in [9.17, 15) is 4.39 Å². The van der Waals surface area contributed by atoms with Crippen LogP contribution < -0.4 is 10.6 Å². The maximum atomic E-state index is 14.4. The third kappa shape index (κ3) is 3.00. The largest absolute Gasteiger partial charge is 0.409 e. The van der Waals surface area contributed by atoms with E-state index >= 15 is 0 Å². The van der Waals surface area contributed by atoms with Crippen LogP contribution in [0.4, 0.5) is 10.1 Å². The highest BCUT2D eigenvalue weighted by Crippen LogP contribution is 2.35. The highest BCUT2D eigenvalue weighted by Gasteiger charge is 2.31. The summed E-state index contributed by atoms with van der Waals surface area (Å²) in [5, 5.41) is 15.7. The summed E-state index contributed by atoms with van der Waals surface area (Å²) in [6.07, 6.45) is 2.18. The van der Waals surface area contributed by atoms with Crippen LogP contribution >= 0.6 is 11.3 Å². The van der Waals surface area contributed by atoms with Gasteiger partial charge in [0.25, 0.3) is 0 Å². The maximum Gasteiger partial charge on any atom is 0.170 e. The second kappa shape index (κ2) is 5.73. The Hall–Kier alpha value is -2.08. The molecule has 4 nitrogen and oxygen atoms in total. The van der Waals surface area contributed by atoms with Crippen LogP contribution in [0.25, 0.3) is 0 Å². The van der Waals surface area contributed by atoms with Crippen LogP contribution in [0.15, 0.2) is 40.2 Å². The third-order valence-electron chi connectivity index (χ3n) is 3.58. The molecule has 1 aliphatic carbocycles. The number of amidine groups is 1. The molecule has 21 heavy (non-hydrogen) atoms. The molecule has 2 aromatic rings. The Morgan fingerprint density at radius 3 is 2.81 bits per heavy atom. The molecule has 1 aliphatic rings. The molecule has 1 fully saturated rings. The van der Waals surface area contributed by atoms with Crippen molar-refractivity contribution in [3.63, 3.8) is 0 Å². The fraction of sp³-hybridized carbons (Fsp3) is 0.267. The Morgan fingerprint density at radius 2 is 2.24 bits per heavy atom. The van der Waals surface area contributed by atoms with Crippen molar-refractivity contribution in [2.24, 2.45) is 10.9 Å². The summed E-state index contributed by atoms with van der Waals surface area (Å²) < 4.78 is 14.4. The van der Waals surface area contributed by atoms with Gasteiger partial charge in [0.15, 0.2) is 5.84 Å². The van der Waals surface area contributed by atoms with E-state index in [-0.39, 0.29) is 11.7 Å². The van der Waals surface area contributed by atoms with Crippen molar-refractivity contribution in [1.82, 2.24) is 0 Å². The van der Waals surface area contributed by atoms with Gasteiger partial charge in [0.05, 0.1) is 5.69 Å². The summed E-state index contributed by atoms with van der Waals surface area (Å²) in [5.74, 6) is -0.433. The maximum absolute atomic E-state index is 14.4. The Morgan fingerprint density at radius 1 is 1.43 bits per heavy atom. The quantitative estimate of drug-likeness (QED) is 0.386. The van der Waals surface area contributed by atoms with Crippen molar-refractivity contribution in [2.75, 3.05) is 4.90 Å². The summed E-state index contributed by atoms with van der Waals surface area (Å²) in [6, 6.07) is 7.15. The zero-order chi connectivity index (χ0) is 14.8. The second-order valence-corrected chi connectivity index (χ2v) is 5.92. The molecule has 0 unspecified atom stereocenters. The van der Waals surface area contributed by atoms with Crippen molar-refractivity contribution < 1.29 is 9.60 Å². The number of hydrogen-bond acceptors (Lipinski definition) is 4. The molecule has 0 spiro atoms. The van der Waals surface area contributed by atoms with Gasteiger partial charge in [-0.15, -0.1) is 0 Å². The van der Waals surface area contributed by atoms with Gasteiger partial charge in [0, 0.05) is 18.2 Å². The predicted molar refractivity (Wildman–Crippen MR) is 82.4 cm³/mol. The number of benzene rings is 1. The van der Waals surface area contributed by atoms with E-state index in [0.29, 0.717) is 23.8 Å². The van der Waals surface area contributed by atoms with Crippen molar-refractivity contribution in [2.45, 2.75) is 25.4 Å². The van der Waals surface area contributed by atoms with Crippen LogP contribution in [0, 0.1) is 5.82 Å². The topological polar surface area (TPSA) is 61.9 Å². The number of nitrogens with zero attached hydrogens (tertiary/aromatic N) is 2. The smallest absolute Gasteiger partial charge is 0.170 e. The molecule has 0 radical (unpaired) electrons. The van der Waals surface area contributed by atoms with Gasteiger partial charge in [-0.3, -0.25) is 0 Å². The van der Waals surface area contributed by atoms with E-state index in [4.69, 9.17) is 10.9 Å². The highest BCUT2D eigenvalue weighted by molar-refractivity contribution is 7.07. The van der Waals surface area contributed by atoms with Crippen LogP contribution in [-0.4, -0.2) is 17.1 Å². The summed E-state index contributed by atoms with van der Waals surface area (Å²) in [7, 11) is 0. The number of anilines is 1. The minimum atomic E-state index is -0.346. The number of thiophene rings is 1. The second-order valence-electron chi connectivity index (χ2n) is 5.14. The molecule has 1 aromatic carbocycles. The Kier molecular flexibility index (Phi) is 3.79. The molecule has 1 saturated carbocycles. The number of rotatable bonds is 5. The van der Waals surface area contributed by atoms with E-state index in [2.05, 4.69) is 21.5 Å². The van der Waals surface area contributed by atoms with Crippen molar-refractivity contribution in [1.29, 1.82) is 0 Å². The Balaban J connectivity index is 1.89. The molecule has 110 valence electrons. The molecule has 1 heterocycles. The van der Waals surface area contributed by atoms with Crippen LogP contribution in [0.5, 0.6) is 0 Å². The van der Waals surface area contributed by atoms with Crippen LogP contribution in [0.2, 0.25) is 0 Å². The first-order valence-corrected chi connectivity index (χ1v) is 7.68. The Labute approximate surface area is 126 Å². The average molecular weight is 305 g/mol. The van der Waals surface area contributed by atoms with Gasteiger partial charge in [-0.25, -0.2) is 4.39 Å². The molecule has 3 N–H and O–H groups in total. The van der Waals surface area contributed by atoms with Crippen LogP contribution in [0.3, 0.4) is 0 Å². The van der Waals surface area contributed by atoms with E-state index in [1.807, 2.05) is 5.38 Å². The molecule has 0 aliphatic heterocycles. The van der Waals surface area contributed by atoms with E-state index in [1.165, 1.54) is 11.6 Å². The molecule has 0 bridgehead atoms. The third-order valence-corrected chi connectivity index (χ3v) is 4.31. The molecule has 0 amide bonds. The molecular formula is C15H16FN3OS. The summed E-state index contributed by atoms with van der Waals surface area (Å²) in [4.78, 5) is 2.09. The van der Waals surface area contributed by atoms with E-state index in [1.54, 1.807) is 23.5 Å². The van der Waals surface area contributed by atoms with E-state index < -0.39 is 0 Å². The first-order chi connectivity index (χ1) is 10.2. The average Bonchev–Trinajstić information content (AvgIpc) is 3.21. The molecule has 0 atom stereocenters. The van der Waals surface area contributed by atoms with Gasteiger partial charge in [0.1, 0.15) is 5.82 Å². The summed E-state index contributed by atoms with van der Waals surface area (Å²) in [5.41, 5.74) is 7.63. The molecule has 1 aromatic heterocycles. The molecular weight excluding hydrogens is 289 g/mol. The molecule has 6 heteroatoms. The monoisotopic (exact) mass is 305 g/mol. The van der Waals surface area contributed by atoms with Crippen LogP contribution in [0.1, 0.15) is 24.0 Å². The summed E-state index contributed by atoms with van der Waals surface area (Å²) in [6.45, 7) is 0.702. The number of halogens is 1. The van der Waals surface area contributed by atoms with Gasteiger partial charge in [-0.05, 0) is 53.4 Å². The fourth-order valence-corrected chi connectivity index (χ4v) is 2.99. The first kappa shape index (κ1) is 13.9.